The van der Waals surface area contributed by atoms with Gasteiger partial charge in [0.1, 0.15) is 0 Å². The molecule has 2 N–H and O–H groups in total. The van der Waals surface area contributed by atoms with Gasteiger partial charge in [0.05, 0.1) is 21.3 Å². The summed E-state index contributed by atoms with van der Waals surface area (Å²) >= 11 is 12.3. The lowest BCUT2D eigenvalue weighted by atomic mass is 10.0. The summed E-state index contributed by atoms with van der Waals surface area (Å²) in [5, 5.41) is 13.0. The molecule has 0 fully saturated rings. The van der Waals surface area contributed by atoms with E-state index in [1.54, 1.807) is 0 Å². The molecule has 1 aromatic carbocycles. The maximum absolute atomic E-state index is 11.0. The molecule has 0 bridgehead atoms. The number of carbonyl (C=O) groups is 1. The number of nitrogens with one attached hydrogen (secondary N) is 1. The molecule has 0 unspecified atom stereocenters. The molecule has 0 radical (unpaired) electrons. The van der Waals surface area contributed by atoms with E-state index in [1.807, 2.05) is 0 Å². The smallest absolute Gasteiger partial charge is 0.335 e. The van der Waals surface area contributed by atoms with Crippen LogP contribution in [0.5, 0.6) is 0 Å². The topological polar surface area (TPSA) is 49.3 Å². The van der Waals surface area contributed by atoms with E-state index in [2.05, 4.69) is 12.2 Å². The Labute approximate surface area is 181 Å². The van der Waals surface area contributed by atoms with Crippen molar-refractivity contribution in [2.45, 2.75) is 96.8 Å². The van der Waals surface area contributed by atoms with Crippen LogP contribution in [-0.2, 0) is 0 Å². The van der Waals surface area contributed by atoms with Crippen molar-refractivity contribution in [3.63, 3.8) is 0 Å². The van der Waals surface area contributed by atoms with E-state index in [4.69, 9.17) is 28.3 Å². The zero-order chi connectivity index (χ0) is 20.6. The summed E-state index contributed by atoms with van der Waals surface area (Å²) in [6.45, 7) is 3.06. The Balaban J connectivity index is 1.98. The van der Waals surface area contributed by atoms with Crippen LogP contribution in [0.25, 0.3) is 0 Å². The lowest BCUT2D eigenvalue weighted by Crippen LogP contribution is -2.04. The zero-order valence-corrected chi connectivity index (χ0v) is 18.9. The number of carboxylic acid groups (broad SMARTS) is 1. The molecule has 0 heterocycles. The summed E-state index contributed by atoms with van der Waals surface area (Å²) in [6, 6.07) is 2.87. The van der Waals surface area contributed by atoms with Crippen LogP contribution in [0.3, 0.4) is 0 Å². The van der Waals surface area contributed by atoms with Crippen molar-refractivity contribution >= 4 is 34.9 Å². The minimum atomic E-state index is -1.03. The monoisotopic (exact) mass is 429 g/mol. The second-order valence-electron chi connectivity index (χ2n) is 7.64. The molecule has 160 valence electrons. The third kappa shape index (κ3) is 11.2. The second kappa shape index (κ2) is 15.9. The number of hydrogen-bond acceptors (Lipinski definition) is 2. The molecule has 0 aromatic heterocycles. The standard InChI is InChI=1S/C23H37Cl2NO2/c1-2-3-4-5-6-7-8-9-10-11-12-13-14-15-16-26-22-20(24)17-19(23(27)28)18-21(22)25/h17-18,26H,2-16H2,1H3,(H,27,28). The van der Waals surface area contributed by atoms with Gasteiger partial charge in [0, 0.05) is 6.54 Å². The Morgan fingerprint density at radius 2 is 1.18 bits per heavy atom. The molecule has 0 saturated heterocycles. The maximum atomic E-state index is 11.0. The van der Waals surface area contributed by atoms with Gasteiger partial charge in [0.2, 0.25) is 0 Å². The fourth-order valence-electron chi connectivity index (χ4n) is 3.40. The van der Waals surface area contributed by atoms with Gasteiger partial charge < -0.3 is 10.4 Å². The predicted molar refractivity (Wildman–Crippen MR) is 122 cm³/mol. The Kier molecular flexibility index (Phi) is 14.3. The van der Waals surface area contributed by atoms with Crippen LogP contribution < -0.4 is 5.32 Å². The van der Waals surface area contributed by atoms with Crippen molar-refractivity contribution < 1.29 is 9.90 Å². The van der Waals surface area contributed by atoms with Gasteiger partial charge in [-0.15, -0.1) is 0 Å². The van der Waals surface area contributed by atoms with Crippen molar-refractivity contribution in [1.29, 1.82) is 0 Å². The Morgan fingerprint density at radius 1 is 0.786 bits per heavy atom. The molecule has 0 aliphatic heterocycles. The van der Waals surface area contributed by atoms with Gasteiger partial charge in [-0.05, 0) is 18.6 Å². The molecule has 0 aliphatic rings. The quantitative estimate of drug-likeness (QED) is 0.243. The number of unbranched alkanes of at least 4 members (excludes halogenated alkanes) is 13. The van der Waals surface area contributed by atoms with E-state index in [0.29, 0.717) is 15.7 Å². The van der Waals surface area contributed by atoms with Crippen LogP contribution in [0.15, 0.2) is 12.1 Å². The molecule has 0 saturated carbocycles. The average Bonchev–Trinajstić information content (AvgIpc) is 2.66. The molecule has 5 heteroatoms. The number of aromatic carboxylic acids is 1. The minimum Gasteiger partial charge on any atom is -0.478 e. The highest BCUT2D eigenvalue weighted by Gasteiger charge is 2.11. The molecule has 28 heavy (non-hydrogen) atoms. The number of hydrogen-bond donors (Lipinski definition) is 2. The van der Waals surface area contributed by atoms with Crippen LogP contribution in [0, 0.1) is 0 Å². The van der Waals surface area contributed by atoms with E-state index >= 15 is 0 Å². The predicted octanol–water partition coefficient (Wildman–Crippen LogP) is 8.58. The number of carboxylic acids is 1. The summed E-state index contributed by atoms with van der Waals surface area (Å²) in [5.41, 5.74) is 0.736. The normalized spacial score (nSPS) is 11.0. The highest BCUT2D eigenvalue weighted by Crippen LogP contribution is 2.32. The van der Waals surface area contributed by atoms with Gasteiger partial charge in [-0.25, -0.2) is 4.79 Å². The molecule has 0 spiro atoms. The van der Waals surface area contributed by atoms with Crippen molar-refractivity contribution in [3.05, 3.63) is 27.7 Å². The Hall–Kier alpha value is -0.930. The van der Waals surface area contributed by atoms with Crippen molar-refractivity contribution in [3.8, 4) is 0 Å². The SMILES string of the molecule is CCCCCCCCCCCCCCCCNc1c(Cl)cc(C(=O)O)cc1Cl. The summed E-state index contributed by atoms with van der Waals surface area (Å²) in [5.74, 6) is -1.03. The molecule has 0 amide bonds. The molecule has 0 aliphatic carbocycles. The third-order valence-electron chi connectivity index (χ3n) is 5.12. The first-order valence-electron chi connectivity index (χ1n) is 11.0. The van der Waals surface area contributed by atoms with Crippen LogP contribution in [-0.4, -0.2) is 17.6 Å². The highest BCUT2D eigenvalue weighted by molar-refractivity contribution is 6.39. The summed E-state index contributed by atoms with van der Waals surface area (Å²) in [4.78, 5) is 11.0. The van der Waals surface area contributed by atoms with Crippen molar-refractivity contribution in [1.82, 2.24) is 0 Å². The zero-order valence-electron chi connectivity index (χ0n) is 17.4. The van der Waals surface area contributed by atoms with Gasteiger partial charge in [-0.3, -0.25) is 0 Å². The molecular weight excluding hydrogens is 393 g/mol. The Bertz CT molecular complexity index is 541. The minimum absolute atomic E-state index is 0.108. The largest absolute Gasteiger partial charge is 0.478 e. The van der Waals surface area contributed by atoms with Crippen LogP contribution in [0.1, 0.15) is 107 Å². The average molecular weight is 430 g/mol. The molecule has 1 rings (SSSR count). The van der Waals surface area contributed by atoms with Gasteiger partial charge in [0.15, 0.2) is 0 Å². The van der Waals surface area contributed by atoms with Crippen LogP contribution in [0.2, 0.25) is 10.0 Å². The molecule has 1 aromatic rings. The van der Waals surface area contributed by atoms with Crippen LogP contribution in [0.4, 0.5) is 5.69 Å². The summed E-state index contributed by atoms with van der Waals surface area (Å²) in [7, 11) is 0. The van der Waals surface area contributed by atoms with Gasteiger partial charge >= 0.3 is 5.97 Å². The van der Waals surface area contributed by atoms with E-state index < -0.39 is 5.97 Å². The van der Waals surface area contributed by atoms with Gasteiger partial charge in [-0.2, -0.15) is 0 Å². The second-order valence-corrected chi connectivity index (χ2v) is 8.46. The van der Waals surface area contributed by atoms with Crippen molar-refractivity contribution in [2.24, 2.45) is 0 Å². The molecule has 0 atom stereocenters. The lowest BCUT2D eigenvalue weighted by molar-refractivity contribution is 0.0697. The fraction of sp³-hybridized carbons (Fsp3) is 0.696. The van der Waals surface area contributed by atoms with Crippen molar-refractivity contribution in [2.75, 3.05) is 11.9 Å². The first-order chi connectivity index (χ1) is 13.6. The van der Waals surface area contributed by atoms with E-state index in [9.17, 15) is 4.79 Å². The number of rotatable bonds is 17. The number of anilines is 1. The van der Waals surface area contributed by atoms with E-state index in [0.717, 1.165) is 13.0 Å². The molecule has 3 nitrogen and oxygen atoms in total. The molecular formula is C23H37Cl2NO2. The third-order valence-corrected chi connectivity index (χ3v) is 5.72. The maximum Gasteiger partial charge on any atom is 0.335 e. The first-order valence-corrected chi connectivity index (χ1v) is 11.8. The summed E-state index contributed by atoms with van der Waals surface area (Å²) in [6.07, 6.45) is 18.7. The van der Waals surface area contributed by atoms with E-state index in [1.165, 1.54) is 95.6 Å². The number of halogens is 2. The van der Waals surface area contributed by atoms with Gasteiger partial charge in [-0.1, -0.05) is 114 Å². The number of benzene rings is 1. The van der Waals surface area contributed by atoms with Gasteiger partial charge in [0.25, 0.3) is 0 Å². The first kappa shape index (κ1) is 25.1. The fourth-order valence-corrected chi connectivity index (χ4v) is 4.02. The summed E-state index contributed by atoms with van der Waals surface area (Å²) < 4.78 is 0. The lowest BCUT2D eigenvalue weighted by Gasteiger charge is -2.11. The highest BCUT2D eigenvalue weighted by atomic mass is 35.5. The van der Waals surface area contributed by atoms with Crippen LogP contribution >= 0.6 is 23.2 Å². The van der Waals surface area contributed by atoms with E-state index in [-0.39, 0.29) is 5.56 Å². The Morgan fingerprint density at radius 3 is 1.57 bits per heavy atom.